The Morgan fingerprint density at radius 2 is 1.88 bits per heavy atom. The highest BCUT2D eigenvalue weighted by Crippen LogP contribution is 2.20. The van der Waals surface area contributed by atoms with Crippen LogP contribution in [0.15, 0.2) is 16.7 Å². The fourth-order valence-electron chi connectivity index (χ4n) is 2.32. The molecule has 1 aromatic heterocycles. The Hall–Kier alpha value is -0.960. The van der Waals surface area contributed by atoms with Crippen molar-refractivity contribution in [1.82, 2.24) is 5.32 Å². The van der Waals surface area contributed by atoms with E-state index in [-0.39, 0.29) is 17.2 Å². The molecule has 1 aliphatic rings. The molecule has 0 unspecified atom stereocenters. The van der Waals surface area contributed by atoms with Crippen LogP contribution in [-0.2, 0) is 0 Å². The maximum atomic E-state index is 11.9. The fourth-order valence-corrected chi connectivity index (χ4v) is 2.52. The first kappa shape index (κ1) is 12.5. The summed E-state index contributed by atoms with van der Waals surface area (Å²) in [4.78, 5) is 11.9. The maximum Gasteiger partial charge on any atom is 0.256 e. The van der Waals surface area contributed by atoms with Gasteiger partial charge in [0, 0.05) is 6.04 Å². The lowest BCUT2D eigenvalue weighted by molar-refractivity contribution is 0.0930. The van der Waals surface area contributed by atoms with Crippen molar-refractivity contribution in [3.63, 3.8) is 0 Å². The molecule has 2 rings (SSSR count). The second-order valence-corrected chi connectivity index (χ2v) is 4.97. The van der Waals surface area contributed by atoms with Crippen molar-refractivity contribution in [2.45, 2.75) is 51.0 Å². The van der Waals surface area contributed by atoms with Crippen LogP contribution in [0.5, 0.6) is 0 Å². The molecule has 1 aliphatic carbocycles. The smallest absolute Gasteiger partial charge is 0.256 e. The molecule has 1 aromatic rings. The number of carbonyl (C=O) groups is 1. The SMILES string of the molecule is O=C(NC1CCCCCCC1)c1ccoc1Cl. The van der Waals surface area contributed by atoms with E-state index in [0.717, 1.165) is 12.8 Å². The molecule has 1 saturated carbocycles. The van der Waals surface area contributed by atoms with Crippen LogP contribution in [0.25, 0.3) is 0 Å². The van der Waals surface area contributed by atoms with Crippen LogP contribution in [0, 0.1) is 0 Å². The van der Waals surface area contributed by atoms with Crippen molar-refractivity contribution in [3.05, 3.63) is 23.1 Å². The highest BCUT2D eigenvalue weighted by atomic mass is 35.5. The number of amides is 1. The average molecular weight is 256 g/mol. The minimum atomic E-state index is -0.116. The molecule has 0 radical (unpaired) electrons. The van der Waals surface area contributed by atoms with Gasteiger partial charge in [0.25, 0.3) is 5.91 Å². The summed E-state index contributed by atoms with van der Waals surface area (Å²) in [6, 6.07) is 1.90. The molecule has 0 saturated heterocycles. The summed E-state index contributed by atoms with van der Waals surface area (Å²) >= 11 is 5.78. The van der Waals surface area contributed by atoms with Gasteiger partial charge in [-0.2, -0.15) is 0 Å². The first-order valence-corrected chi connectivity index (χ1v) is 6.69. The van der Waals surface area contributed by atoms with E-state index in [9.17, 15) is 4.79 Å². The quantitative estimate of drug-likeness (QED) is 0.874. The van der Waals surface area contributed by atoms with E-state index in [4.69, 9.17) is 16.0 Å². The number of hydrogen-bond acceptors (Lipinski definition) is 2. The first-order chi connectivity index (χ1) is 8.27. The molecule has 17 heavy (non-hydrogen) atoms. The van der Waals surface area contributed by atoms with Crippen molar-refractivity contribution in [2.75, 3.05) is 0 Å². The topological polar surface area (TPSA) is 42.2 Å². The summed E-state index contributed by atoms with van der Waals surface area (Å²) in [6.07, 6.45) is 9.86. The van der Waals surface area contributed by atoms with Gasteiger partial charge in [0.15, 0.2) is 0 Å². The summed E-state index contributed by atoms with van der Waals surface area (Å²) in [7, 11) is 0. The number of hydrogen-bond donors (Lipinski definition) is 1. The molecule has 94 valence electrons. The highest BCUT2D eigenvalue weighted by Gasteiger charge is 2.18. The molecule has 0 aromatic carbocycles. The minimum Gasteiger partial charge on any atom is -0.452 e. The second kappa shape index (κ2) is 6.10. The molecular weight excluding hydrogens is 238 g/mol. The zero-order valence-electron chi connectivity index (χ0n) is 9.88. The van der Waals surface area contributed by atoms with Crippen molar-refractivity contribution in [1.29, 1.82) is 0 Å². The molecule has 0 bridgehead atoms. The summed E-state index contributed by atoms with van der Waals surface area (Å²) in [5, 5.41) is 3.22. The number of nitrogens with one attached hydrogen (secondary N) is 1. The lowest BCUT2D eigenvalue weighted by Gasteiger charge is -2.20. The zero-order chi connectivity index (χ0) is 12.1. The molecule has 4 heteroatoms. The highest BCUT2D eigenvalue weighted by molar-refractivity contribution is 6.32. The second-order valence-electron chi connectivity index (χ2n) is 4.62. The third-order valence-electron chi connectivity index (χ3n) is 3.30. The number of rotatable bonds is 2. The number of halogens is 1. The molecule has 3 nitrogen and oxygen atoms in total. The largest absolute Gasteiger partial charge is 0.452 e. The maximum absolute atomic E-state index is 11.9. The van der Waals surface area contributed by atoms with Gasteiger partial charge in [0.05, 0.1) is 11.8 Å². The van der Waals surface area contributed by atoms with Crippen LogP contribution in [0.4, 0.5) is 0 Å². The Morgan fingerprint density at radius 3 is 2.47 bits per heavy atom. The van der Waals surface area contributed by atoms with E-state index in [1.54, 1.807) is 6.07 Å². The van der Waals surface area contributed by atoms with E-state index in [1.165, 1.54) is 38.4 Å². The van der Waals surface area contributed by atoms with Gasteiger partial charge >= 0.3 is 0 Å². The summed E-state index contributed by atoms with van der Waals surface area (Å²) in [5.74, 6) is -0.116. The molecule has 1 heterocycles. The molecule has 0 aliphatic heterocycles. The van der Waals surface area contributed by atoms with Crippen molar-refractivity contribution in [2.24, 2.45) is 0 Å². The number of carbonyl (C=O) groups excluding carboxylic acids is 1. The predicted molar refractivity (Wildman–Crippen MR) is 67.3 cm³/mol. The Balaban J connectivity index is 1.91. The minimum absolute atomic E-state index is 0.116. The fraction of sp³-hybridized carbons (Fsp3) is 0.615. The van der Waals surface area contributed by atoms with Gasteiger partial charge in [0.1, 0.15) is 0 Å². The van der Waals surface area contributed by atoms with Crippen molar-refractivity contribution < 1.29 is 9.21 Å². The van der Waals surface area contributed by atoms with Crippen LogP contribution in [-0.4, -0.2) is 11.9 Å². The Morgan fingerprint density at radius 1 is 1.24 bits per heavy atom. The van der Waals surface area contributed by atoms with Crippen molar-refractivity contribution in [3.8, 4) is 0 Å². The molecular formula is C13H18ClNO2. The molecule has 0 atom stereocenters. The van der Waals surface area contributed by atoms with E-state index in [2.05, 4.69) is 5.32 Å². The van der Waals surface area contributed by atoms with E-state index < -0.39 is 0 Å². The third-order valence-corrected chi connectivity index (χ3v) is 3.60. The van der Waals surface area contributed by atoms with Gasteiger partial charge in [-0.25, -0.2) is 0 Å². The van der Waals surface area contributed by atoms with Gasteiger partial charge < -0.3 is 9.73 Å². The van der Waals surface area contributed by atoms with Crippen LogP contribution in [0.2, 0.25) is 5.22 Å². The zero-order valence-corrected chi connectivity index (χ0v) is 10.6. The van der Waals surface area contributed by atoms with E-state index in [1.807, 2.05) is 0 Å². The Labute approximate surface area is 107 Å². The predicted octanol–water partition coefficient (Wildman–Crippen LogP) is 3.78. The Kier molecular flexibility index (Phi) is 4.49. The third kappa shape index (κ3) is 3.50. The summed E-state index contributed by atoms with van der Waals surface area (Å²) in [5.41, 5.74) is 0.439. The Bertz CT molecular complexity index is 367. The van der Waals surface area contributed by atoms with Crippen LogP contribution >= 0.6 is 11.6 Å². The van der Waals surface area contributed by atoms with E-state index in [0.29, 0.717) is 5.56 Å². The molecule has 0 spiro atoms. The van der Waals surface area contributed by atoms with Gasteiger partial charge in [-0.3, -0.25) is 4.79 Å². The monoisotopic (exact) mass is 255 g/mol. The lowest BCUT2D eigenvalue weighted by atomic mass is 9.96. The molecule has 1 amide bonds. The molecule has 1 N–H and O–H groups in total. The normalized spacial score (nSPS) is 18.4. The standard InChI is InChI=1S/C13H18ClNO2/c14-12-11(8-9-17-12)13(16)15-10-6-4-2-1-3-5-7-10/h8-10H,1-7H2,(H,15,16). The van der Waals surface area contributed by atoms with Gasteiger partial charge in [0.2, 0.25) is 5.22 Å². The number of furan rings is 1. The summed E-state index contributed by atoms with van der Waals surface area (Å²) in [6.45, 7) is 0. The van der Waals surface area contributed by atoms with Gasteiger partial charge in [-0.05, 0) is 30.5 Å². The average Bonchev–Trinajstić information content (AvgIpc) is 2.68. The van der Waals surface area contributed by atoms with Crippen LogP contribution < -0.4 is 5.32 Å². The van der Waals surface area contributed by atoms with Gasteiger partial charge in [-0.1, -0.05) is 32.1 Å². The van der Waals surface area contributed by atoms with E-state index >= 15 is 0 Å². The summed E-state index contributed by atoms with van der Waals surface area (Å²) < 4.78 is 4.92. The van der Waals surface area contributed by atoms with Crippen LogP contribution in [0.3, 0.4) is 0 Å². The lowest BCUT2D eigenvalue weighted by Crippen LogP contribution is -2.35. The molecule has 1 fully saturated rings. The van der Waals surface area contributed by atoms with Crippen LogP contribution in [0.1, 0.15) is 55.3 Å². The first-order valence-electron chi connectivity index (χ1n) is 6.31. The van der Waals surface area contributed by atoms with Crippen molar-refractivity contribution >= 4 is 17.5 Å². The van der Waals surface area contributed by atoms with Gasteiger partial charge in [-0.15, -0.1) is 0 Å².